The number of nitrogens with zero attached hydrogens (tertiary/aromatic N) is 1. The summed E-state index contributed by atoms with van der Waals surface area (Å²) >= 11 is 0. The summed E-state index contributed by atoms with van der Waals surface area (Å²) < 4.78 is 5.32. The van der Waals surface area contributed by atoms with E-state index in [1.807, 2.05) is 31.2 Å². The molecule has 2 N–H and O–H groups in total. The molecule has 5 nitrogen and oxygen atoms in total. The summed E-state index contributed by atoms with van der Waals surface area (Å²) in [6.07, 6.45) is 0.500. The molecule has 0 atom stereocenters. The van der Waals surface area contributed by atoms with E-state index in [-0.39, 0.29) is 5.91 Å². The van der Waals surface area contributed by atoms with Crippen LogP contribution in [0.3, 0.4) is 0 Å². The summed E-state index contributed by atoms with van der Waals surface area (Å²) in [6.45, 7) is 7.50. The summed E-state index contributed by atoms with van der Waals surface area (Å²) in [5.74, 6) is 0.0398. The van der Waals surface area contributed by atoms with Crippen molar-refractivity contribution in [2.75, 3.05) is 50.0 Å². The molecule has 1 aromatic carbocycles. The van der Waals surface area contributed by atoms with Crippen molar-refractivity contribution in [2.45, 2.75) is 13.3 Å². The molecule has 0 spiro atoms. The lowest BCUT2D eigenvalue weighted by molar-refractivity contribution is -0.115. The molecule has 0 radical (unpaired) electrons. The van der Waals surface area contributed by atoms with Gasteiger partial charge in [0.25, 0.3) is 0 Å². The van der Waals surface area contributed by atoms with Gasteiger partial charge in [-0.1, -0.05) is 6.92 Å². The summed E-state index contributed by atoms with van der Waals surface area (Å²) in [5.41, 5.74) is 1.92. The van der Waals surface area contributed by atoms with Crippen LogP contribution >= 0.6 is 0 Å². The number of ether oxygens (including phenoxy) is 1. The van der Waals surface area contributed by atoms with Crippen LogP contribution in [0, 0.1) is 0 Å². The fraction of sp³-hybridized carbons (Fsp3) is 0.533. The number of hydrogen-bond acceptors (Lipinski definition) is 4. The average Bonchev–Trinajstić information content (AvgIpc) is 2.50. The zero-order chi connectivity index (χ0) is 14.2. The van der Waals surface area contributed by atoms with E-state index in [4.69, 9.17) is 4.74 Å². The smallest absolute Gasteiger partial charge is 0.224 e. The van der Waals surface area contributed by atoms with E-state index in [0.717, 1.165) is 50.8 Å². The third-order valence-electron chi connectivity index (χ3n) is 3.35. The van der Waals surface area contributed by atoms with Crippen LogP contribution in [-0.4, -0.2) is 50.2 Å². The van der Waals surface area contributed by atoms with Crippen molar-refractivity contribution in [3.63, 3.8) is 0 Å². The van der Waals surface area contributed by atoms with Gasteiger partial charge in [-0.15, -0.1) is 0 Å². The van der Waals surface area contributed by atoms with Crippen LogP contribution in [-0.2, 0) is 9.53 Å². The average molecular weight is 277 g/mol. The first-order valence-corrected chi connectivity index (χ1v) is 7.22. The quantitative estimate of drug-likeness (QED) is 0.832. The van der Waals surface area contributed by atoms with Gasteiger partial charge < -0.3 is 15.4 Å². The first kappa shape index (κ1) is 14.8. The summed E-state index contributed by atoms with van der Waals surface area (Å²) in [5, 5.41) is 6.23. The van der Waals surface area contributed by atoms with Crippen LogP contribution in [0.4, 0.5) is 11.4 Å². The van der Waals surface area contributed by atoms with Gasteiger partial charge in [0, 0.05) is 44.0 Å². The lowest BCUT2D eigenvalue weighted by atomic mass is 10.2. The number of carbonyl (C=O) groups excluding carboxylic acids is 1. The lowest BCUT2D eigenvalue weighted by Gasteiger charge is -2.26. The Bertz CT molecular complexity index is 414. The number of rotatable bonds is 6. The highest BCUT2D eigenvalue weighted by atomic mass is 16.5. The van der Waals surface area contributed by atoms with Crippen molar-refractivity contribution < 1.29 is 9.53 Å². The predicted octanol–water partition coefficient (Wildman–Crippen LogP) is 1.78. The van der Waals surface area contributed by atoms with E-state index >= 15 is 0 Å². The largest absolute Gasteiger partial charge is 0.384 e. The van der Waals surface area contributed by atoms with Gasteiger partial charge in [-0.3, -0.25) is 9.69 Å². The Morgan fingerprint density at radius 3 is 2.50 bits per heavy atom. The number of amides is 1. The van der Waals surface area contributed by atoms with Crippen LogP contribution in [0.2, 0.25) is 0 Å². The standard InChI is InChI=1S/C15H23N3O2/c1-2-15(19)17-14-5-3-13(4-6-14)16-7-8-18-9-11-20-12-10-18/h3-6,16H,2,7-12H2,1H3,(H,17,19). The Kier molecular flexibility index (Phi) is 5.83. The second kappa shape index (κ2) is 7.87. The minimum Gasteiger partial charge on any atom is -0.384 e. The Morgan fingerprint density at radius 1 is 1.20 bits per heavy atom. The minimum atomic E-state index is 0.0398. The van der Waals surface area contributed by atoms with Gasteiger partial charge in [-0.05, 0) is 24.3 Å². The van der Waals surface area contributed by atoms with Crippen LogP contribution in [0.25, 0.3) is 0 Å². The number of nitrogens with one attached hydrogen (secondary N) is 2. The monoisotopic (exact) mass is 277 g/mol. The van der Waals surface area contributed by atoms with Gasteiger partial charge in [0.1, 0.15) is 0 Å². The van der Waals surface area contributed by atoms with Gasteiger partial charge in [0.15, 0.2) is 0 Å². The fourth-order valence-electron chi connectivity index (χ4n) is 2.10. The van der Waals surface area contributed by atoms with E-state index in [1.54, 1.807) is 0 Å². The highest BCUT2D eigenvalue weighted by molar-refractivity contribution is 5.90. The predicted molar refractivity (Wildman–Crippen MR) is 81.1 cm³/mol. The molecule has 20 heavy (non-hydrogen) atoms. The Hall–Kier alpha value is -1.59. The van der Waals surface area contributed by atoms with E-state index < -0.39 is 0 Å². The molecule has 5 heteroatoms. The second-order valence-electron chi connectivity index (χ2n) is 4.86. The normalized spacial score (nSPS) is 15.8. The summed E-state index contributed by atoms with van der Waals surface area (Å²) in [4.78, 5) is 13.7. The molecule has 1 aliphatic rings. The van der Waals surface area contributed by atoms with Crippen molar-refractivity contribution in [3.8, 4) is 0 Å². The van der Waals surface area contributed by atoms with E-state index in [9.17, 15) is 4.79 Å². The van der Waals surface area contributed by atoms with E-state index in [0.29, 0.717) is 6.42 Å². The molecule has 0 bridgehead atoms. The van der Waals surface area contributed by atoms with Crippen LogP contribution < -0.4 is 10.6 Å². The van der Waals surface area contributed by atoms with Gasteiger partial charge in [-0.25, -0.2) is 0 Å². The molecule has 0 unspecified atom stereocenters. The molecule has 1 heterocycles. The maximum absolute atomic E-state index is 11.3. The second-order valence-corrected chi connectivity index (χ2v) is 4.86. The molecule has 2 rings (SSSR count). The zero-order valence-corrected chi connectivity index (χ0v) is 12.0. The van der Waals surface area contributed by atoms with Crippen molar-refractivity contribution in [3.05, 3.63) is 24.3 Å². The Balaban J connectivity index is 1.71. The van der Waals surface area contributed by atoms with Gasteiger partial charge >= 0.3 is 0 Å². The Labute approximate surface area is 120 Å². The number of anilines is 2. The van der Waals surface area contributed by atoms with Crippen molar-refractivity contribution in [2.24, 2.45) is 0 Å². The van der Waals surface area contributed by atoms with E-state index in [2.05, 4.69) is 15.5 Å². The highest BCUT2D eigenvalue weighted by Gasteiger charge is 2.09. The Morgan fingerprint density at radius 2 is 1.85 bits per heavy atom. The number of morpholine rings is 1. The molecular formula is C15H23N3O2. The summed E-state index contributed by atoms with van der Waals surface area (Å²) in [7, 11) is 0. The fourth-order valence-corrected chi connectivity index (χ4v) is 2.10. The molecule has 110 valence electrons. The molecule has 0 saturated carbocycles. The van der Waals surface area contributed by atoms with Crippen LogP contribution in [0.5, 0.6) is 0 Å². The third-order valence-corrected chi connectivity index (χ3v) is 3.35. The summed E-state index contributed by atoms with van der Waals surface area (Å²) in [6, 6.07) is 7.82. The van der Waals surface area contributed by atoms with Gasteiger partial charge in [0.2, 0.25) is 5.91 Å². The number of benzene rings is 1. The maximum Gasteiger partial charge on any atom is 0.224 e. The van der Waals surface area contributed by atoms with Gasteiger partial charge in [0.05, 0.1) is 13.2 Å². The van der Waals surface area contributed by atoms with E-state index in [1.165, 1.54) is 0 Å². The SMILES string of the molecule is CCC(=O)Nc1ccc(NCCN2CCOCC2)cc1. The number of carbonyl (C=O) groups is 1. The topological polar surface area (TPSA) is 53.6 Å². The first-order valence-electron chi connectivity index (χ1n) is 7.22. The third kappa shape index (κ3) is 4.83. The van der Waals surface area contributed by atoms with Gasteiger partial charge in [-0.2, -0.15) is 0 Å². The molecule has 1 fully saturated rings. The minimum absolute atomic E-state index is 0.0398. The number of hydrogen-bond donors (Lipinski definition) is 2. The molecule has 1 aliphatic heterocycles. The molecular weight excluding hydrogens is 254 g/mol. The first-order chi connectivity index (χ1) is 9.78. The van der Waals surface area contributed by atoms with Crippen molar-refractivity contribution in [1.82, 2.24) is 4.90 Å². The molecule has 1 amide bonds. The van der Waals surface area contributed by atoms with Crippen molar-refractivity contribution in [1.29, 1.82) is 0 Å². The zero-order valence-electron chi connectivity index (χ0n) is 12.0. The molecule has 1 aromatic rings. The maximum atomic E-state index is 11.3. The lowest BCUT2D eigenvalue weighted by Crippen LogP contribution is -2.38. The highest BCUT2D eigenvalue weighted by Crippen LogP contribution is 2.13. The van der Waals surface area contributed by atoms with Crippen LogP contribution in [0.1, 0.15) is 13.3 Å². The van der Waals surface area contributed by atoms with Crippen molar-refractivity contribution >= 4 is 17.3 Å². The molecule has 0 aromatic heterocycles. The molecule has 0 aliphatic carbocycles. The molecule has 1 saturated heterocycles. The van der Waals surface area contributed by atoms with Crippen LogP contribution in [0.15, 0.2) is 24.3 Å².